The normalized spacial score (nSPS) is 14.1. The van der Waals surface area contributed by atoms with E-state index in [4.69, 9.17) is 4.42 Å². The van der Waals surface area contributed by atoms with Crippen LogP contribution in [-0.2, 0) is 16.1 Å². The Bertz CT molecular complexity index is 845. The number of piperidine rings is 1. The van der Waals surface area contributed by atoms with Gasteiger partial charge >= 0.3 is 0 Å². The van der Waals surface area contributed by atoms with Crippen molar-refractivity contribution in [2.45, 2.75) is 57.8 Å². The van der Waals surface area contributed by atoms with Crippen LogP contribution in [0.5, 0.6) is 0 Å². The lowest BCUT2D eigenvalue weighted by atomic mass is 10.1. The van der Waals surface area contributed by atoms with E-state index in [9.17, 15) is 9.59 Å². The molecule has 170 valence electrons. The van der Waals surface area contributed by atoms with Crippen molar-refractivity contribution in [3.05, 3.63) is 24.2 Å². The highest BCUT2D eigenvalue weighted by Gasteiger charge is 2.23. The highest BCUT2D eigenvalue weighted by Crippen LogP contribution is 2.26. The van der Waals surface area contributed by atoms with Crippen molar-refractivity contribution in [1.82, 2.24) is 25.0 Å². The van der Waals surface area contributed by atoms with Crippen LogP contribution in [0.25, 0.3) is 0 Å². The average Bonchev–Trinajstić information content (AvgIpc) is 3.41. The first-order chi connectivity index (χ1) is 15.0. The fourth-order valence-electron chi connectivity index (χ4n) is 3.55. The molecule has 2 aromatic heterocycles. The third-order valence-corrected chi connectivity index (χ3v) is 6.03. The summed E-state index contributed by atoms with van der Waals surface area (Å²) < 4.78 is 7.55. The lowest BCUT2D eigenvalue weighted by molar-refractivity contribution is -0.134. The van der Waals surface area contributed by atoms with Crippen LogP contribution in [0.4, 0.5) is 5.95 Å². The summed E-state index contributed by atoms with van der Waals surface area (Å²) in [5, 5.41) is 12.3. The van der Waals surface area contributed by atoms with E-state index in [2.05, 4.69) is 20.4 Å². The molecule has 0 aliphatic carbocycles. The van der Waals surface area contributed by atoms with Gasteiger partial charge in [-0.15, -0.1) is 10.2 Å². The van der Waals surface area contributed by atoms with Gasteiger partial charge in [-0.3, -0.25) is 14.2 Å². The quantitative estimate of drug-likeness (QED) is 0.558. The zero-order chi connectivity index (χ0) is 22.2. The van der Waals surface area contributed by atoms with Gasteiger partial charge in [-0.25, -0.2) is 0 Å². The summed E-state index contributed by atoms with van der Waals surface area (Å²) in [6.45, 7) is 8.63. The molecule has 1 fully saturated rings. The molecule has 10 heteroatoms. The molecule has 0 radical (unpaired) electrons. The van der Waals surface area contributed by atoms with Gasteiger partial charge in [0.2, 0.25) is 17.8 Å². The number of amides is 2. The summed E-state index contributed by atoms with van der Waals surface area (Å²) >= 11 is 1.34. The van der Waals surface area contributed by atoms with Gasteiger partial charge in [0.25, 0.3) is 0 Å². The van der Waals surface area contributed by atoms with Crippen LogP contribution in [0.1, 0.15) is 45.8 Å². The largest absolute Gasteiger partial charge is 0.467 e. The second-order valence-corrected chi connectivity index (χ2v) is 8.86. The standard InChI is InChI=1S/C21H32N6O3S/c1-4-25(14-18(28)22-16(2)3)19(29)15-31-21-24-23-20(26-10-6-5-7-11-26)27(21)13-17-9-8-12-30-17/h8-9,12,16H,4-7,10-11,13-15H2,1-3H3,(H,22,28). The molecule has 0 aromatic carbocycles. The topological polar surface area (TPSA) is 96.5 Å². The van der Waals surface area contributed by atoms with E-state index in [0.29, 0.717) is 18.2 Å². The second-order valence-electron chi connectivity index (χ2n) is 7.91. The summed E-state index contributed by atoms with van der Waals surface area (Å²) in [7, 11) is 0. The molecule has 1 aliphatic heterocycles. The Hall–Kier alpha value is -2.49. The van der Waals surface area contributed by atoms with E-state index in [1.54, 1.807) is 11.2 Å². The number of aromatic nitrogens is 3. The minimum Gasteiger partial charge on any atom is -0.467 e. The molecule has 1 saturated heterocycles. The Morgan fingerprint density at radius 3 is 2.68 bits per heavy atom. The van der Waals surface area contributed by atoms with Crippen molar-refractivity contribution in [2.75, 3.05) is 36.8 Å². The minimum atomic E-state index is -0.149. The molecule has 31 heavy (non-hydrogen) atoms. The van der Waals surface area contributed by atoms with Crippen LogP contribution >= 0.6 is 11.8 Å². The zero-order valence-electron chi connectivity index (χ0n) is 18.5. The van der Waals surface area contributed by atoms with E-state index < -0.39 is 0 Å². The van der Waals surface area contributed by atoms with Gasteiger partial charge in [0.1, 0.15) is 5.76 Å². The van der Waals surface area contributed by atoms with Gasteiger partial charge in [-0.05, 0) is 52.2 Å². The summed E-state index contributed by atoms with van der Waals surface area (Å²) in [6, 6.07) is 3.83. The van der Waals surface area contributed by atoms with Crippen LogP contribution < -0.4 is 10.2 Å². The zero-order valence-corrected chi connectivity index (χ0v) is 19.4. The van der Waals surface area contributed by atoms with E-state index >= 15 is 0 Å². The Kier molecular flexibility index (Phi) is 8.39. The van der Waals surface area contributed by atoms with Gasteiger partial charge in [-0.1, -0.05) is 11.8 Å². The van der Waals surface area contributed by atoms with Crippen molar-refractivity contribution in [2.24, 2.45) is 0 Å². The highest BCUT2D eigenvalue weighted by molar-refractivity contribution is 7.99. The van der Waals surface area contributed by atoms with Gasteiger partial charge in [0, 0.05) is 25.7 Å². The summed E-state index contributed by atoms with van der Waals surface area (Å²) in [4.78, 5) is 28.6. The molecule has 0 saturated carbocycles. The number of carbonyl (C=O) groups is 2. The number of carbonyl (C=O) groups excluding carboxylic acids is 2. The number of likely N-dealkylation sites (N-methyl/N-ethyl adjacent to an activating group) is 1. The van der Waals surface area contributed by atoms with Crippen LogP contribution in [0.15, 0.2) is 28.0 Å². The van der Waals surface area contributed by atoms with E-state index in [-0.39, 0.29) is 30.2 Å². The van der Waals surface area contributed by atoms with Gasteiger partial charge in [-0.2, -0.15) is 0 Å². The Labute approximate surface area is 187 Å². The lowest BCUT2D eigenvalue weighted by Crippen LogP contribution is -2.43. The fraction of sp³-hybridized carbons (Fsp3) is 0.619. The first-order valence-corrected chi connectivity index (χ1v) is 11.9. The molecule has 0 unspecified atom stereocenters. The van der Waals surface area contributed by atoms with E-state index in [1.807, 2.05) is 37.5 Å². The monoisotopic (exact) mass is 448 g/mol. The maximum atomic E-state index is 12.7. The Morgan fingerprint density at radius 1 is 1.26 bits per heavy atom. The number of nitrogens with one attached hydrogen (secondary N) is 1. The Morgan fingerprint density at radius 2 is 2.03 bits per heavy atom. The van der Waals surface area contributed by atoms with E-state index in [1.165, 1.54) is 18.2 Å². The van der Waals surface area contributed by atoms with Gasteiger partial charge in [0.05, 0.1) is 25.1 Å². The third kappa shape index (κ3) is 6.49. The number of furan rings is 1. The number of thioether (sulfide) groups is 1. The minimum absolute atomic E-state index is 0.0454. The molecular formula is C21H32N6O3S. The van der Waals surface area contributed by atoms with Crippen LogP contribution in [0.3, 0.4) is 0 Å². The van der Waals surface area contributed by atoms with E-state index in [0.717, 1.165) is 37.6 Å². The number of rotatable bonds is 10. The molecule has 1 N–H and O–H groups in total. The molecule has 2 amide bonds. The molecule has 3 heterocycles. The molecule has 3 rings (SSSR count). The molecule has 1 aliphatic rings. The first kappa shape index (κ1) is 23.2. The summed E-state index contributed by atoms with van der Waals surface area (Å²) in [5.41, 5.74) is 0. The van der Waals surface area contributed by atoms with Crippen molar-refractivity contribution < 1.29 is 14.0 Å². The van der Waals surface area contributed by atoms with Gasteiger partial charge in [0.15, 0.2) is 5.16 Å². The van der Waals surface area contributed by atoms with Crippen molar-refractivity contribution in [1.29, 1.82) is 0 Å². The molecule has 0 atom stereocenters. The van der Waals surface area contributed by atoms with Crippen molar-refractivity contribution in [3.8, 4) is 0 Å². The highest BCUT2D eigenvalue weighted by atomic mass is 32.2. The summed E-state index contributed by atoms with van der Waals surface area (Å²) in [5.74, 6) is 1.57. The van der Waals surface area contributed by atoms with Crippen molar-refractivity contribution in [3.63, 3.8) is 0 Å². The Balaban J connectivity index is 1.69. The number of hydrogen-bond donors (Lipinski definition) is 1. The first-order valence-electron chi connectivity index (χ1n) is 10.9. The molecule has 0 spiro atoms. The maximum absolute atomic E-state index is 12.7. The van der Waals surface area contributed by atoms with Crippen LogP contribution in [0.2, 0.25) is 0 Å². The molecule has 2 aromatic rings. The molecular weight excluding hydrogens is 416 g/mol. The van der Waals surface area contributed by atoms with Crippen molar-refractivity contribution >= 4 is 29.5 Å². The second kappa shape index (κ2) is 11.2. The average molecular weight is 449 g/mol. The smallest absolute Gasteiger partial charge is 0.239 e. The van der Waals surface area contributed by atoms with Gasteiger partial charge < -0.3 is 19.5 Å². The predicted octanol–water partition coefficient (Wildman–Crippen LogP) is 2.37. The number of nitrogens with zero attached hydrogens (tertiary/aromatic N) is 5. The SMILES string of the molecule is CCN(CC(=O)NC(C)C)C(=O)CSc1nnc(N2CCCCC2)n1Cc1ccco1. The molecule has 9 nitrogen and oxygen atoms in total. The fourth-order valence-corrected chi connectivity index (χ4v) is 4.38. The maximum Gasteiger partial charge on any atom is 0.239 e. The number of anilines is 1. The summed E-state index contributed by atoms with van der Waals surface area (Å²) in [6.07, 6.45) is 5.16. The predicted molar refractivity (Wildman–Crippen MR) is 120 cm³/mol. The van der Waals surface area contributed by atoms with Crippen LogP contribution in [-0.4, -0.2) is 69.5 Å². The molecule has 0 bridgehead atoms. The number of hydrogen-bond acceptors (Lipinski definition) is 7. The third-order valence-electron chi connectivity index (χ3n) is 5.07. The van der Waals surface area contributed by atoms with Crippen LogP contribution in [0, 0.1) is 0 Å². The lowest BCUT2D eigenvalue weighted by Gasteiger charge is -2.27.